The first-order valence-corrected chi connectivity index (χ1v) is 7.69. The minimum absolute atomic E-state index is 0.0954. The first-order chi connectivity index (χ1) is 10.2. The largest absolute Gasteiger partial charge is 0.444 e. The molecule has 0 spiro atoms. The van der Waals surface area contributed by atoms with Crippen LogP contribution in [0, 0.1) is 5.82 Å². The van der Waals surface area contributed by atoms with Crippen LogP contribution in [0.5, 0.6) is 0 Å². The molecule has 0 aromatic heterocycles. The molecule has 1 saturated heterocycles. The zero-order valence-corrected chi connectivity index (χ0v) is 14.0. The number of carbonyl (C=O) groups excluding carboxylic acids is 1. The number of carbonyl (C=O) groups is 1. The molecule has 0 saturated carbocycles. The fraction of sp³-hybridized carbons (Fsp3) is 0.588. The number of amides is 1. The maximum atomic E-state index is 13.5. The van der Waals surface area contributed by atoms with Crippen molar-refractivity contribution in [3.05, 3.63) is 30.1 Å². The third-order valence-corrected chi connectivity index (χ3v) is 3.68. The average molecular weight is 308 g/mol. The molecule has 5 heteroatoms. The van der Waals surface area contributed by atoms with E-state index in [1.165, 1.54) is 12.1 Å². The quantitative estimate of drug-likeness (QED) is 0.794. The van der Waals surface area contributed by atoms with Gasteiger partial charge in [-0.2, -0.15) is 0 Å². The first-order valence-electron chi connectivity index (χ1n) is 7.69. The van der Waals surface area contributed by atoms with E-state index in [1.807, 2.05) is 40.7 Å². The van der Waals surface area contributed by atoms with Gasteiger partial charge in [-0.05, 0) is 52.8 Å². The summed E-state index contributed by atoms with van der Waals surface area (Å²) in [6, 6.07) is 6.78. The van der Waals surface area contributed by atoms with E-state index in [9.17, 15) is 9.18 Å². The van der Waals surface area contributed by atoms with Crippen LogP contribution >= 0.6 is 0 Å². The maximum absolute atomic E-state index is 13.5. The molecule has 1 heterocycles. The van der Waals surface area contributed by atoms with Gasteiger partial charge < -0.3 is 14.5 Å². The second-order valence-corrected chi connectivity index (χ2v) is 6.97. The molecule has 1 aliphatic rings. The molecule has 2 atom stereocenters. The fourth-order valence-corrected chi connectivity index (χ4v) is 2.94. The number of piperazine rings is 1. The van der Waals surface area contributed by atoms with Crippen LogP contribution in [0.3, 0.4) is 0 Å². The lowest BCUT2D eigenvalue weighted by atomic mass is 10.1. The summed E-state index contributed by atoms with van der Waals surface area (Å²) in [5, 5.41) is 0. The number of anilines is 1. The predicted molar refractivity (Wildman–Crippen MR) is 85.6 cm³/mol. The Morgan fingerprint density at radius 3 is 2.32 bits per heavy atom. The summed E-state index contributed by atoms with van der Waals surface area (Å²) in [5.41, 5.74) is 0.354. The monoisotopic (exact) mass is 308 g/mol. The van der Waals surface area contributed by atoms with Gasteiger partial charge in [-0.15, -0.1) is 0 Å². The Kier molecular flexibility index (Phi) is 4.63. The molecule has 0 radical (unpaired) electrons. The summed E-state index contributed by atoms with van der Waals surface area (Å²) in [6.07, 6.45) is -0.287. The molecule has 122 valence electrons. The van der Waals surface area contributed by atoms with Crippen molar-refractivity contribution in [2.24, 2.45) is 0 Å². The summed E-state index contributed by atoms with van der Waals surface area (Å²) >= 11 is 0. The third-order valence-electron chi connectivity index (χ3n) is 3.68. The normalized spacial score (nSPS) is 22.6. The third kappa shape index (κ3) is 3.90. The van der Waals surface area contributed by atoms with E-state index in [4.69, 9.17) is 4.74 Å². The number of ether oxygens (including phenoxy) is 1. The number of nitrogens with zero attached hydrogens (tertiary/aromatic N) is 2. The van der Waals surface area contributed by atoms with Crippen LogP contribution in [0.15, 0.2) is 24.3 Å². The number of rotatable bonds is 1. The van der Waals surface area contributed by atoms with Gasteiger partial charge in [0, 0.05) is 30.9 Å². The standard InChI is InChI=1S/C17H25FN2O2/c1-12-10-19(16(21)22-17(3,4)5)11-13(2)20(12)15-8-6-7-14(18)9-15/h6-9,12-13H,10-11H2,1-5H3/t12-,13+. The van der Waals surface area contributed by atoms with Crippen LogP contribution in [0.2, 0.25) is 0 Å². The van der Waals surface area contributed by atoms with Gasteiger partial charge in [-0.3, -0.25) is 0 Å². The van der Waals surface area contributed by atoms with Crippen LogP contribution in [0.25, 0.3) is 0 Å². The van der Waals surface area contributed by atoms with Gasteiger partial charge in [0.15, 0.2) is 0 Å². The van der Waals surface area contributed by atoms with Crippen LogP contribution in [0.4, 0.5) is 14.9 Å². The lowest BCUT2D eigenvalue weighted by Crippen LogP contribution is -2.58. The summed E-state index contributed by atoms with van der Waals surface area (Å²) in [5.74, 6) is -0.244. The molecule has 2 rings (SSSR count). The van der Waals surface area contributed by atoms with Gasteiger partial charge in [0.05, 0.1) is 0 Å². The minimum Gasteiger partial charge on any atom is -0.444 e. The highest BCUT2D eigenvalue weighted by Crippen LogP contribution is 2.26. The van der Waals surface area contributed by atoms with E-state index < -0.39 is 5.60 Å². The first kappa shape index (κ1) is 16.6. The van der Waals surface area contributed by atoms with Crippen molar-refractivity contribution in [2.45, 2.75) is 52.3 Å². The molecule has 4 nitrogen and oxygen atoms in total. The number of hydrogen-bond donors (Lipinski definition) is 0. The van der Waals surface area contributed by atoms with Crippen molar-refractivity contribution in [1.82, 2.24) is 4.90 Å². The van der Waals surface area contributed by atoms with E-state index in [2.05, 4.69) is 4.90 Å². The van der Waals surface area contributed by atoms with Gasteiger partial charge in [0.2, 0.25) is 0 Å². The Bertz CT molecular complexity index is 530. The molecule has 1 aliphatic heterocycles. The number of halogens is 1. The highest BCUT2D eigenvalue weighted by molar-refractivity contribution is 5.69. The molecule has 0 N–H and O–H groups in total. The van der Waals surface area contributed by atoms with Gasteiger partial charge in [0.25, 0.3) is 0 Å². The Labute approximate surface area is 131 Å². The topological polar surface area (TPSA) is 32.8 Å². The molecule has 1 aromatic carbocycles. The van der Waals surface area contributed by atoms with Crippen LogP contribution in [-0.2, 0) is 4.74 Å². The molecule has 0 bridgehead atoms. The zero-order valence-electron chi connectivity index (χ0n) is 14.0. The Hall–Kier alpha value is -1.78. The van der Waals surface area contributed by atoms with Crippen molar-refractivity contribution in [3.63, 3.8) is 0 Å². The summed E-state index contributed by atoms with van der Waals surface area (Å²) in [6.45, 7) is 10.8. The predicted octanol–water partition coefficient (Wildman–Crippen LogP) is 3.66. The molecule has 22 heavy (non-hydrogen) atoms. The summed E-state index contributed by atoms with van der Waals surface area (Å²) < 4.78 is 18.9. The fourth-order valence-electron chi connectivity index (χ4n) is 2.94. The zero-order chi connectivity index (χ0) is 16.5. The smallest absolute Gasteiger partial charge is 0.410 e. The van der Waals surface area contributed by atoms with Gasteiger partial charge in [-0.1, -0.05) is 6.07 Å². The van der Waals surface area contributed by atoms with E-state index in [1.54, 1.807) is 11.0 Å². The molecular weight excluding hydrogens is 283 g/mol. The number of hydrogen-bond acceptors (Lipinski definition) is 3. The molecule has 0 aliphatic carbocycles. The lowest BCUT2D eigenvalue weighted by molar-refractivity contribution is 0.0193. The van der Waals surface area contributed by atoms with Crippen molar-refractivity contribution < 1.29 is 13.9 Å². The van der Waals surface area contributed by atoms with Crippen molar-refractivity contribution in [3.8, 4) is 0 Å². The Morgan fingerprint density at radius 1 is 1.23 bits per heavy atom. The summed E-state index contributed by atoms with van der Waals surface area (Å²) in [7, 11) is 0. The molecule has 0 unspecified atom stereocenters. The van der Waals surface area contributed by atoms with Gasteiger partial charge in [-0.25, -0.2) is 9.18 Å². The van der Waals surface area contributed by atoms with Crippen LogP contribution < -0.4 is 4.90 Å². The second-order valence-electron chi connectivity index (χ2n) is 6.97. The second kappa shape index (κ2) is 6.15. The Morgan fingerprint density at radius 2 is 1.82 bits per heavy atom. The highest BCUT2D eigenvalue weighted by atomic mass is 19.1. The van der Waals surface area contributed by atoms with E-state index >= 15 is 0 Å². The van der Waals surface area contributed by atoms with Crippen LogP contribution in [0.1, 0.15) is 34.6 Å². The molecule has 1 amide bonds. The minimum atomic E-state index is -0.497. The van der Waals surface area contributed by atoms with Gasteiger partial charge in [0.1, 0.15) is 11.4 Å². The van der Waals surface area contributed by atoms with Crippen molar-refractivity contribution in [1.29, 1.82) is 0 Å². The maximum Gasteiger partial charge on any atom is 0.410 e. The molecule has 1 aromatic rings. The molecule has 1 fully saturated rings. The average Bonchev–Trinajstić information content (AvgIpc) is 2.35. The van der Waals surface area contributed by atoms with E-state index in [-0.39, 0.29) is 24.0 Å². The van der Waals surface area contributed by atoms with Crippen molar-refractivity contribution in [2.75, 3.05) is 18.0 Å². The Balaban J connectivity index is 2.11. The molecular formula is C17H25FN2O2. The van der Waals surface area contributed by atoms with Crippen LogP contribution in [-0.4, -0.2) is 41.8 Å². The van der Waals surface area contributed by atoms with E-state index in [0.717, 1.165) is 5.69 Å². The number of benzene rings is 1. The highest BCUT2D eigenvalue weighted by Gasteiger charge is 2.34. The van der Waals surface area contributed by atoms with E-state index in [0.29, 0.717) is 13.1 Å². The van der Waals surface area contributed by atoms with Gasteiger partial charge >= 0.3 is 6.09 Å². The summed E-state index contributed by atoms with van der Waals surface area (Å²) in [4.78, 5) is 16.1. The lowest BCUT2D eigenvalue weighted by Gasteiger charge is -2.45. The van der Waals surface area contributed by atoms with Crippen molar-refractivity contribution >= 4 is 11.8 Å². The SMILES string of the molecule is C[C@@H]1CN(C(=O)OC(C)(C)C)C[C@H](C)N1c1cccc(F)c1.